The topological polar surface area (TPSA) is 29.5 Å². The molecular formula is C46H29NO2. The van der Waals surface area contributed by atoms with Gasteiger partial charge in [0.25, 0.3) is 0 Å². The number of furan rings is 2. The van der Waals surface area contributed by atoms with Crippen LogP contribution in [0.15, 0.2) is 185 Å². The van der Waals surface area contributed by atoms with Crippen molar-refractivity contribution in [2.45, 2.75) is 0 Å². The Morgan fingerprint density at radius 3 is 1.88 bits per heavy atom. The molecule has 0 fully saturated rings. The van der Waals surface area contributed by atoms with Gasteiger partial charge in [0.1, 0.15) is 16.7 Å². The van der Waals surface area contributed by atoms with Gasteiger partial charge in [0.05, 0.1) is 16.8 Å². The van der Waals surface area contributed by atoms with Crippen molar-refractivity contribution in [2.24, 2.45) is 0 Å². The third-order valence-corrected chi connectivity index (χ3v) is 9.66. The molecule has 0 spiro atoms. The molecule has 8 aromatic carbocycles. The summed E-state index contributed by atoms with van der Waals surface area (Å²) in [6.07, 6.45) is 0. The van der Waals surface area contributed by atoms with Crippen LogP contribution in [0.2, 0.25) is 0 Å². The summed E-state index contributed by atoms with van der Waals surface area (Å²) in [6.45, 7) is 0. The molecule has 2 heterocycles. The Balaban J connectivity index is 1.23. The Hall–Kier alpha value is -6.58. The first kappa shape index (κ1) is 27.5. The van der Waals surface area contributed by atoms with Gasteiger partial charge in [-0.25, -0.2) is 0 Å². The molecular weight excluding hydrogens is 599 g/mol. The summed E-state index contributed by atoms with van der Waals surface area (Å²) in [6, 6.07) is 61.9. The van der Waals surface area contributed by atoms with Gasteiger partial charge in [-0.3, -0.25) is 0 Å². The molecule has 10 rings (SSSR count). The second kappa shape index (κ2) is 11.0. The summed E-state index contributed by atoms with van der Waals surface area (Å²) in [5.41, 5.74) is 11.0. The number of anilines is 3. The Morgan fingerprint density at radius 2 is 1.00 bits per heavy atom. The zero-order valence-corrected chi connectivity index (χ0v) is 26.5. The van der Waals surface area contributed by atoms with Gasteiger partial charge in [-0.15, -0.1) is 0 Å². The number of fused-ring (bicyclic) bond motifs is 7. The zero-order chi connectivity index (χ0) is 32.3. The van der Waals surface area contributed by atoms with Crippen LogP contribution in [0.3, 0.4) is 0 Å². The molecule has 10 aromatic rings. The van der Waals surface area contributed by atoms with Crippen LogP contribution in [0, 0.1) is 0 Å². The highest BCUT2D eigenvalue weighted by atomic mass is 16.3. The third kappa shape index (κ3) is 4.44. The minimum absolute atomic E-state index is 0.836. The normalized spacial score (nSPS) is 11.7. The molecule has 0 aliphatic carbocycles. The summed E-state index contributed by atoms with van der Waals surface area (Å²) < 4.78 is 13.4. The monoisotopic (exact) mass is 627 g/mol. The van der Waals surface area contributed by atoms with Gasteiger partial charge in [0.15, 0.2) is 5.58 Å². The molecule has 49 heavy (non-hydrogen) atoms. The Kier molecular flexibility index (Phi) is 6.18. The van der Waals surface area contributed by atoms with Gasteiger partial charge < -0.3 is 13.7 Å². The maximum atomic E-state index is 7.01. The van der Waals surface area contributed by atoms with Crippen molar-refractivity contribution in [3.63, 3.8) is 0 Å². The molecule has 230 valence electrons. The van der Waals surface area contributed by atoms with Gasteiger partial charge in [-0.2, -0.15) is 0 Å². The van der Waals surface area contributed by atoms with Gasteiger partial charge in [-0.05, 0) is 69.9 Å². The fourth-order valence-corrected chi connectivity index (χ4v) is 7.35. The number of benzene rings is 8. The highest BCUT2D eigenvalue weighted by Gasteiger charge is 2.24. The molecule has 3 heteroatoms. The lowest BCUT2D eigenvalue weighted by Crippen LogP contribution is -2.10. The summed E-state index contributed by atoms with van der Waals surface area (Å²) in [5, 5.41) is 6.74. The Labute approximate surface area is 282 Å². The number of para-hydroxylation sites is 3. The van der Waals surface area contributed by atoms with Crippen molar-refractivity contribution >= 4 is 71.7 Å². The van der Waals surface area contributed by atoms with Crippen LogP contribution in [0.1, 0.15) is 0 Å². The van der Waals surface area contributed by atoms with E-state index in [1.54, 1.807) is 0 Å². The molecule has 0 aliphatic rings. The first-order chi connectivity index (χ1) is 24.3. The Bertz CT molecular complexity index is 2830. The minimum atomic E-state index is 0.836. The van der Waals surface area contributed by atoms with E-state index in [0.717, 1.165) is 72.1 Å². The maximum Gasteiger partial charge on any atom is 0.159 e. The van der Waals surface area contributed by atoms with Crippen LogP contribution in [0.4, 0.5) is 17.1 Å². The maximum absolute atomic E-state index is 7.01. The first-order valence-corrected chi connectivity index (χ1v) is 16.6. The van der Waals surface area contributed by atoms with Crippen molar-refractivity contribution < 1.29 is 8.83 Å². The van der Waals surface area contributed by atoms with E-state index >= 15 is 0 Å². The summed E-state index contributed by atoms with van der Waals surface area (Å²) in [7, 11) is 0. The van der Waals surface area contributed by atoms with Crippen LogP contribution in [0.5, 0.6) is 0 Å². The quantitative estimate of drug-likeness (QED) is 0.190. The fourth-order valence-electron chi connectivity index (χ4n) is 7.35. The van der Waals surface area contributed by atoms with Crippen molar-refractivity contribution in [2.75, 3.05) is 4.90 Å². The molecule has 0 unspecified atom stereocenters. The second-order valence-electron chi connectivity index (χ2n) is 12.5. The highest BCUT2D eigenvalue weighted by molar-refractivity contribution is 6.17. The predicted molar refractivity (Wildman–Crippen MR) is 204 cm³/mol. The molecule has 0 aliphatic heterocycles. The number of hydrogen-bond donors (Lipinski definition) is 0. The molecule has 2 aromatic heterocycles. The number of nitrogens with zero attached hydrogens (tertiary/aromatic N) is 1. The van der Waals surface area contributed by atoms with E-state index in [-0.39, 0.29) is 0 Å². The molecule has 0 saturated heterocycles. The van der Waals surface area contributed by atoms with E-state index in [1.165, 1.54) is 21.9 Å². The van der Waals surface area contributed by atoms with E-state index in [0.29, 0.717) is 0 Å². The highest BCUT2D eigenvalue weighted by Crippen LogP contribution is 2.47. The standard InChI is InChI=1S/C46H29NO2/c1-2-11-30(12-3-1)32-25-27-35(28-26-32)47(40-19-10-22-43-44(40)39-15-6-7-21-42(39)48-43)41-20-9-18-38-37-17-8-16-36(45(37)49-46(38)41)34-24-23-31-13-4-5-14-33(31)29-34/h1-29H. The van der Waals surface area contributed by atoms with Crippen molar-refractivity contribution in [3.05, 3.63) is 176 Å². The average Bonchev–Trinajstić information content (AvgIpc) is 3.75. The van der Waals surface area contributed by atoms with Crippen molar-refractivity contribution in [1.82, 2.24) is 0 Å². The minimum Gasteiger partial charge on any atom is -0.456 e. The van der Waals surface area contributed by atoms with Crippen molar-refractivity contribution in [1.29, 1.82) is 0 Å². The van der Waals surface area contributed by atoms with E-state index in [4.69, 9.17) is 8.83 Å². The molecule has 0 amide bonds. The smallest absolute Gasteiger partial charge is 0.159 e. The summed E-state index contributed by atoms with van der Waals surface area (Å²) in [4.78, 5) is 2.32. The van der Waals surface area contributed by atoms with Gasteiger partial charge in [-0.1, -0.05) is 133 Å². The van der Waals surface area contributed by atoms with Crippen molar-refractivity contribution in [3.8, 4) is 22.3 Å². The number of hydrogen-bond acceptors (Lipinski definition) is 3. The van der Waals surface area contributed by atoms with E-state index in [1.807, 2.05) is 18.2 Å². The molecule has 3 nitrogen and oxygen atoms in total. The Morgan fingerprint density at radius 1 is 0.367 bits per heavy atom. The fraction of sp³-hybridized carbons (Fsp3) is 0. The molecule has 0 N–H and O–H groups in total. The van der Waals surface area contributed by atoms with E-state index in [2.05, 4.69) is 163 Å². The molecule has 0 saturated carbocycles. The van der Waals surface area contributed by atoms with Crippen LogP contribution >= 0.6 is 0 Å². The molecule has 0 bridgehead atoms. The van der Waals surface area contributed by atoms with Crippen LogP contribution in [-0.2, 0) is 0 Å². The summed E-state index contributed by atoms with van der Waals surface area (Å²) >= 11 is 0. The lowest BCUT2D eigenvalue weighted by molar-refractivity contribution is 0.668. The van der Waals surface area contributed by atoms with E-state index in [9.17, 15) is 0 Å². The zero-order valence-electron chi connectivity index (χ0n) is 26.5. The van der Waals surface area contributed by atoms with E-state index < -0.39 is 0 Å². The molecule has 0 radical (unpaired) electrons. The third-order valence-electron chi connectivity index (χ3n) is 9.66. The predicted octanol–water partition coefficient (Wildman–Crippen LogP) is 13.4. The van der Waals surface area contributed by atoms with Crippen LogP contribution in [-0.4, -0.2) is 0 Å². The van der Waals surface area contributed by atoms with Crippen LogP contribution < -0.4 is 4.90 Å². The SMILES string of the molecule is c1ccc(-c2ccc(N(c3cccc4c3oc3c(-c5ccc6ccccc6c5)cccc34)c3cccc4oc5ccccc5c34)cc2)cc1. The van der Waals surface area contributed by atoms with Gasteiger partial charge in [0, 0.05) is 27.4 Å². The lowest BCUT2D eigenvalue weighted by Gasteiger charge is -2.26. The van der Waals surface area contributed by atoms with Gasteiger partial charge in [0.2, 0.25) is 0 Å². The second-order valence-corrected chi connectivity index (χ2v) is 12.5. The first-order valence-electron chi connectivity index (χ1n) is 16.6. The summed E-state index contributed by atoms with van der Waals surface area (Å²) in [5.74, 6) is 0. The average molecular weight is 628 g/mol. The lowest BCUT2D eigenvalue weighted by atomic mass is 9.99. The van der Waals surface area contributed by atoms with Gasteiger partial charge >= 0.3 is 0 Å². The largest absolute Gasteiger partial charge is 0.456 e. The van der Waals surface area contributed by atoms with Crippen LogP contribution in [0.25, 0.3) is 76.9 Å². The number of rotatable bonds is 5. The molecule has 0 atom stereocenters.